The number of unbranched alkanes of at least 4 members (excludes halogenated alkanes) is 1. The lowest BCUT2D eigenvalue weighted by Crippen LogP contribution is -2.17. The van der Waals surface area contributed by atoms with Crippen LogP contribution in [0.15, 0.2) is 29.4 Å². The van der Waals surface area contributed by atoms with E-state index in [0.717, 1.165) is 31.5 Å². The first-order valence-corrected chi connectivity index (χ1v) is 6.19. The highest BCUT2D eigenvalue weighted by Crippen LogP contribution is 2.04. The number of oxime groups is 1. The molecule has 0 aliphatic rings. The highest BCUT2D eigenvalue weighted by atomic mass is 16.4. The first-order chi connectivity index (χ1) is 9.13. The molecule has 0 saturated carbocycles. The summed E-state index contributed by atoms with van der Waals surface area (Å²) in [6, 6.07) is 7.45. The Hall–Kier alpha value is -2.08. The molecule has 104 valence electrons. The van der Waals surface area contributed by atoms with Crippen molar-refractivity contribution in [2.75, 3.05) is 6.54 Å². The minimum atomic E-state index is -0.251. The van der Waals surface area contributed by atoms with E-state index < -0.39 is 0 Å². The third kappa shape index (κ3) is 5.87. The summed E-state index contributed by atoms with van der Waals surface area (Å²) in [7, 11) is 0. The summed E-state index contributed by atoms with van der Waals surface area (Å²) >= 11 is 0. The van der Waals surface area contributed by atoms with Gasteiger partial charge in [-0.1, -0.05) is 29.4 Å². The van der Waals surface area contributed by atoms with E-state index in [1.807, 2.05) is 12.1 Å². The maximum absolute atomic E-state index is 10.5. The molecular weight excluding hydrogens is 244 g/mol. The van der Waals surface area contributed by atoms with Crippen LogP contribution in [0.2, 0.25) is 0 Å². The molecule has 0 atom stereocenters. The maximum atomic E-state index is 10.5. The van der Waals surface area contributed by atoms with Gasteiger partial charge in [0.15, 0.2) is 5.84 Å². The molecule has 0 aliphatic carbocycles. The molecule has 0 fully saturated rings. The predicted molar refractivity (Wildman–Crippen MR) is 73.7 cm³/mol. The van der Waals surface area contributed by atoms with Gasteiger partial charge in [-0.2, -0.15) is 0 Å². The minimum absolute atomic E-state index is 0.103. The summed E-state index contributed by atoms with van der Waals surface area (Å²) in [4.78, 5) is 10.5. The van der Waals surface area contributed by atoms with E-state index in [-0.39, 0.29) is 11.7 Å². The number of hydrogen-bond acceptors (Lipinski definition) is 4. The van der Waals surface area contributed by atoms with Gasteiger partial charge in [-0.3, -0.25) is 4.79 Å². The zero-order valence-electron chi connectivity index (χ0n) is 10.8. The predicted octanol–water partition coefficient (Wildman–Crippen LogP) is 0.526. The number of nitrogens with zero attached hydrogens (tertiary/aromatic N) is 1. The summed E-state index contributed by atoms with van der Waals surface area (Å²) in [6.45, 7) is 1.59. The molecule has 6 nitrogen and oxygen atoms in total. The largest absolute Gasteiger partial charge is 0.409 e. The summed E-state index contributed by atoms with van der Waals surface area (Å²) in [5.41, 5.74) is 12.3. The van der Waals surface area contributed by atoms with E-state index in [4.69, 9.17) is 16.7 Å². The van der Waals surface area contributed by atoms with Gasteiger partial charge in [0, 0.05) is 18.5 Å². The van der Waals surface area contributed by atoms with Gasteiger partial charge in [-0.05, 0) is 24.9 Å². The number of carbonyl (C=O) groups is 1. The van der Waals surface area contributed by atoms with Crippen molar-refractivity contribution in [2.24, 2.45) is 16.6 Å². The molecule has 0 aliphatic heterocycles. The van der Waals surface area contributed by atoms with Crippen LogP contribution in [0.25, 0.3) is 0 Å². The van der Waals surface area contributed by atoms with Crippen LogP contribution < -0.4 is 16.8 Å². The lowest BCUT2D eigenvalue weighted by atomic mass is 10.1. The van der Waals surface area contributed by atoms with E-state index in [1.54, 1.807) is 12.1 Å². The number of amidine groups is 1. The van der Waals surface area contributed by atoms with Crippen LogP contribution in [-0.4, -0.2) is 23.5 Å². The normalized spacial score (nSPS) is 11.5. The molecule has 6 N–H and O–H groups in total. The molecule has 19 heavy (non-hydrogen) atoms. The molecule has 1 amide bonds. The number of benzene rings is 1. The van der Waals surface area contributed by atoms with Crippen molar-refractivity contribution < 1.29 is 10.0 Å². The van der Waals surface area contributed by atoms with Gasteiger partial charge in [0.1, 0.15) is 0 Å². The van der Waals surface area contributed by atoms with Crippen molar-refractivity contribution >= 4 is 11.7 Å². The first-order valence-electron chi connectivity index (χ1n) is 6.19. The summed E-state index contributed by atoms with van der Waals surface area (Å²) < 4.78 is 0. The van der Waals surface area contributed by atoms with Crippen molar-refractivity contribution in [3.63, 3.8) is 0 Å². The van der Waals surface area contributed by atoms with Crippen LogP contribution in [0.3, 0.4) is 0 Å². The molecule has 0 spiro atoms. The van der Waals surface area contributed by atoms with Crippen LogP contribution in [-0.2, 0) is 11.3 Å². The van der Waals surface area contributed by atoms with Crippen molar-refractivity contribution in [3.8, 4) is 0 Å². The third-order valence-electron chi connectivity index (χ3n) is 2.71. The molecule has 1 rings (SSSR count). The lowest BCUT2D eigenvalue weighted by Gasteiger charge is -2.05. The standard InChI is InChI=1S/C13H20N4O2/c14-12(18)3-1-2-8-16-9-10-4-6-11(7-5-10)13(15)17-19/h4-7,16,19H,1-3,8-9H2,(H2,14,18)(H2,15,17). The number of nitrogens with one attached hydrogen (secondary N) is 1. The fraction of sp³-hybridized carbons (Fsp3) is 0.385. The topological polar surface area (TPSA) is 114 Å². The van der Waals surface area contributed by atoms with Crippen LogP contribution in [0, 0.1) is 0 Å². The van der Waals surface area contributed by atoms with Crippen molar-refractivity contribution in [2.45, 2.75) is 25.8 Å². The molecule has 6 heteroatoms. The first kappa shape index (κ1) is 15.0. The summed E-state index contributed by atoms with van der Waals surface area (Å²) in [5.74, 6) is -0.148. The Labute approximate surface area is 112 Å². The number of hydrogen-bond donors (Lipinski definition) is 4. The number of carbonyl (C=O) groups excluding carboxylic acids is 1. The van der Waals surface area contributed by atoms with E-state index in [0.29, 0.717) is 12.0 Å². The second-order valence-electron chi connectivity index (χ2n) is 4.28. The van der Waals surface area contributed by atoms with E-state index >= 15 is 0 Å². The Kier molecular flexibility index (Phi) is 6.38. The lowest BCUT2D eigenvalue weighted by molar-refractivity contribution is -0.118. The van der Waals surface area contributed by atoms with Gasteiger partial charge in [0.25, 0.3) is 0 Å². The average molecular weight is 264 g/mol. The Morgan fingerprint density at radius 1 is 1.21 bits per heavy atom. The van der Waals surface area contributed by atoms with Crippen LogP contribution in [0.1, 0.15) is 30.4 Å². The quantitative estimate of drug-likeness (QED) is 0.180. The number of primary amides is 1. The number of nitrogens with two attached hydrogens (primary N) is 2. The average Bonchev–Trinajstić information content (AvgIpc) is 2.42. The Morgan fingerprint density at radius 2 is 1.89 bits per heavy atom. The van der Waals surface area contributed by atoms with Gasteiger partial charge in [0.2, 0.25) is 5.91 Å². The maximum Gasteiger partial charge on any atom is 0.217 e. The van der Waals surface area contributed by atoms with E-state index in [9.17, 15) is 4.79 Å². The molecule has 1 aromatic rings. The van der Waals surface area contributed by atoms with Crippen LogP contribution in [0.5, 0.6) is 0 Å². The second kappa shape index (κ2) is 8.10. The Bertz CT molecular complexity index is 429. The molecular formula is C13H20N4O2. The molecule has 0 aromatic heterocycles. The molecule has 0 bridgehead atoms. The van der Waals surface area contributed by atoms with Gasteiger partial charge in [0.05, 0.1) is 0 Å². The molecule has 0 saturated heterocycles. The number of rotatable bonds is 8. The fourth-order valence-electron chi connectivity index (χ4n) is 1.63. The Morgan fingerprint density at radius 3 is 2.47 bits per heavy atom. The zero-order valence-corrected chi connectivity index (χ0v) is 10.8. The molecule has 0 radical (unpaired) electrons. The van der Waals surface area contributed by atoms with Gasteiger partial charge in [-0.15, -0.1) is 0 Å². The van der Waals surface area contributed by atoms with E-state index in [1.165, 1.54) is 0 Å². The highest BCUT2D eigenvalue weighted by molar-refractivity contribution is 5.96. The third-order valence-corrected chi connectivity index (χ3v) is 2.71. The second-order valence-corrected chi connectivity index (χ2v) is 4.28. The number of amides is 1. The smallest absolute Gasteiger partial charge is 0.217 e. The summed E-state index contributed by atoms with van der Waals surface area (Å²) in [5, 5.41) is 14.8. The summed E-state index contributed by atoms with van der Waals surface area (Å²) in [6.07, 6.45) is 2.17. The fourth-order valence-corrected chi connectivity index (χ4v) is 1.63. The van der Waals surface area contributed by atoms with Crippen molar-refractivity contribution in [3.05, 3.63) is 35.4 Å². The van der Waals surface area contributed by atoms with Crippen molar-refractivity contribution in [1.82, 2.24) is 5.32 Å². The van der Waals surface area contributed by atoms with Gasteiger partial charge in [-0.25, -0.2) is 0 Å². The van der Waals surface area contributed by atoms with E-state index in [2.05, 4.69) is 10.5 Å². The molecule has 1 aromatic carbocycles. The van der Waals surface area contributed by atoms with Gasteiger partial charge < -0.3 is 22.0 Å². The molecule has 0 heterocycles. The van der Waals surface area contributed by atoms with Gasteiger partial charge >= 0.3 is 0 Å². The Balaban J connectivity index is 2.25. The van der Waals surface area contributed by atoms with Crippen molar-refractivity contribution in [1.29, 1.82) is 0 Å². The van der Waals surface area contributed by atoms with Crippen LogP contribution in [0.4, 0.5) is 0 Å². The van der Waals surface area contributed by atoms with Crippen LogP contribution >= 0.6 is 0 Å². The highest BCUT2D eigenvalue weighted by Gasteiger charge is 1.99. The SMILES string of the molecule is NC(=O)CCCCNCc1ccc(/C(N)=N/O)cc1. The minimum Gasteiger partial charge on any atom is -0.409 e. The molecule has 0 unspecified atom stereocenters. The monoisotopic (exact) mass is 264 g/mol. The zero-order chi connectivity index (χ0) is 14.1.